The summed E-state index contributed by atoms with van der Waals surface area (Å²) in [6.45, 7) is 1.90. The average molecular weight is 304 g/mol. The molecule has 0 radical (unpaired) electrons. The van der Waals surface area contributed by atoms with Crippen molar-refractivity contribution in [1.29, 1.82) is 0 Å². The van der Waals surface area contributed by atoms with E-state index in [1.165, 1.54) is 0 Å². The Kier molecular flexibility index (Phi) is 3.28. The maximum absolute atomic E-state index is 11.0. The highest BCUT2D eigenvalue weighted by molar-refractivity contribution is 7.99. The first-order valence-electron chi connectivity index (χ1n) is 5.95. The van der Waals surface area contributed by atoms with E-state index in [0.29, 0.717) is 10.7 Å². The molecule has 3 nitrogen and oxygen atoms in total. The SMILES string of the molecule is CC1=Nc2cc(C(=O)O)ccc2Sc2ccc(Cl)cc21. The van der Waals surface area contributed by atoms with Crippen molar-refractivity contribution in [2.24, 2.45) is 4.99 Å². The second kappa shape index (κ2) is 4.96. The second-order valence-electron chi connectivity index (χ2n) is 4.43. The molecule has 1 N–H and O–H groups in total. The molecule has 1 aliphatic rings. The predicted octanol–water partition coefficient (Wildman–Crippen LogP) is 4.64. The van der Waals surface area contributed by atoms with E-state index >= 15 is 0 Å². The Hall–Kier alpha value is -1.78. The smallest absolute Gasteiger partial charge is 0.335 e. The summed E-state index contributed by atoms with van der Waals surface area (Å²) in [6.07, 6.45) is 0. The Morgan fingerprint density at radius 3 is 2.70 bits per heavy atom. The Morgan fingerprint density at radius 2 is 1.95 bits per heavy atom. The van der Waals surface area contributed by atoms with Crippen LogP contribution in [-0.2, 0) is 0 Å². The lowest BCUT2D eigenvalue weighted by molar-refractivity contribution is 0.0697. The number of benzene rings is 2. The molecule has 0 saturated carbocycles. The first-order valence-corrected chi connectivity index (χ1v) is 7.14. The molecule has 0 saturated heterocycles. The topological polar surface area (TPSA) is 49.7 Å². The minimum Gasteiger partial charge on any atom is -0.478 e. The van der Waals surface area contributed by atoms with E-state index in [-0.39, 0.29) is 5.56 Å². The van der Waals surface area contributed by atoms with E-state index < -0.39 is 5.97 Å². The number of hydrogen-bond donors (Lipinski definition) is 1. The normalized spacial score (nSPS) is 13.0. The molecule has 5 heteroatoms. The van der Waals surface area contributed by atoms with Crippen LogP contribution in [0.4, 0.5) is 5.69 Å². The van der Waals surface area contributed by atoms with Crippen molar-refractivity contribution in [3.05, 3.63) is 52.5 Å². The van der Waals surface area contributed by atoms with Crippen LogP contribution in [0.1, 0.15) is 22.8 Å². The molecule has 0 atom stereocenters. The second-order valence-corrected chi connectivity index (χ2v) is 5.95. The Morgan fingerprint density at radius 1 is 1.20 bits per heavy atom. The van der Waals surface area contributed by atoms with Crippen LogP contribution in [0.15, 0.2) is 51.2 Å². The Bertz CT molecular complexity index is 756. The molecule has 3 rings (SSSR count). The largest absolute Gasteiger partial charge is 0.478 e. The molecule has 0 bridgehead atoms. The van der Waals surface area contributed by atoms with Crippen LogP contribution >= 0.6 is 23.4 Å². The maximum atomic E-state index is 11.0. The molecule has 0 unspecified atom stereocenters. The van der Waals surface area contributed by atoms with Crippen LogP contribution in [0.5, 0.6) is 0 Å². The van der Waals surface area contributed by atoms with E-state index in [0.717, 1.165) is 21.1 Å². The fourth-order valence-electron chi connectivity index (χ4n) is 2.06. The van der Waals surface area contributed by atoms with E-state index in [2.05, 4.69) is 4.99 Å². The zero-order chi connectivity index (χ0) is 14.3. The van der Waals surface area contributed by atoms with Gasteiger partial charge in [-0.1, -0.05) is 23.4 Å². The summed E-state index contributed by atoms with van der Waals surface area (Å²) >= 11 is 7.60. The molecule has 1 aliphatic heterocycles. The number of aromatic carboxylic acids is 1. The van der Waals surface area contributed by atoms with E-state index in [1.54, 1.807) is 30.0 Å². The molecule has 2 aromatic carbocycles. The molecular weight excluding hydrogens is 294 g/mol. The van der Waals surface area contributed by atoms with E-state index in [1.807, 2.05) is 25.1 Å². The van der Waals surface area contributed by atoms with E-state index in [9.17, 15) is 4.79 Å². The molecule has 0 amide bonds. The van der Waals surface area contributed by atoms with Crippen LogP contribution in [0, 0.1) is 0 Å². The molecule has 2 aromatic rings. The monoisotopic (exact) mass is 303 g/mol. The van der Waals surface area contributed by atoms with Crippen molar-refractivity contribution in [2.75, 3.05) is 0 Å². The third kappa shape index (κ3) is 2.32. The van der Waals surface area contributed by atoms with Crippen LogP contribution < -0.4 is 0 Å². The van der Waals surface area contributed by atoms with Crippen LogP contribution in [-0.4, -0.2) is 16.8 Å². The fourth-order valence-corrected chi connectivity index (χ4v) is 3.26. The maximum Gasteiger partial charge on any atom is 0.335 e. The summed E-state index contributed by atoms with van der Waals surface area (Å²) in [5.41, 5.74) is 2.73. The summed E-state index contributed by atoms with van der Waals surface area (Å²) in [4.78, 5) is 17.6. The highest BCUT2D eigenvalue weighted by Gasteiger charge is 2.16. The predicted molar refractivity (Wildman–Crippen MR) is 80.8 cm³/mol. The first kappa shape index (κ1) is 13.2. The van der Waals surface area contributed by atoms with Crippen molar-refractivity contribution >= 4 is 40.7 Å². The van der Waals surface area contributed by atoms with Crippen molar-refractivity contribution in [3.8, 4) is 0 Å². The number of hydrogen-bond acceptors (Lipinski definition) is 3. The Balaban J connectivity index is 2.18. The van der Waals surface area contributed by atoms with Gasteiger partial charge in [-0.05, 0) is 43.3 Å². The Labute approximate surface area is 125 Å². The molecule has 1 heterocycles. The molecule has 0 aliphatic carbocycles. The summed E-state index contributed by atoms with van der Waals surface area (Å²) in [7, 11) is 0. The number of carbonyl (C=O) groups is 1. The van der Waals surface area contributed by atoms with Gasteiger partial charge in [0.1, 0.15) is 0 Å². The van der Waals surface area contributed by atoms with Crippen molar-refractivity contribution in [2.45, 2.75) is 16.7 Å². The zero-order valence-corrected chi connectivity index (χ0v) is 12.1. The van der Waals surface area contributed by atoms with Gasteiger partial charge in [0, 0.05) is 26.1 Å². The van der Waals surface area contributed by atoms with Gasteiger partial charge >= 0.3 is 5.97 Å². The minimum atomic E-state index is -0.949. The van der Waals surface area contributed by atoms with Gasteiger partial charge in [-0.15, -0.1) is 0 Å². The van der Waals surface area contributed by atoms with Gasteiger partial charge in [0.05, 0.1) is 11.3 Å². The van der Waals surface area contributed by atoms with Crippen LogP contribution in [0.2, 0.25) is 5.02 Å². The number of rotatable bonds is 1. The van der Waals surface area contributed by atoms with Crippen LogP contribution in [0.25, 0.3) is 0 Å². The fraction of sp³-hybridized carbons (Fsp3) is 0.0667. The summed E-state index contributed by atoms with van der Waals surface area (Å²) in [5.74, 6) is -0.949. The number of carboxylic acid groups (broad SMARTS) is 1. The first-order chi connectivity index (χ1) is 9.54. The summed E-state index contributed by atoms with van der Waals surface area (Å²) in [6, 6.07) is 10.7. The van der Waals surface area contributed by atoms with E-state index in [4.69, 9.17) is 16.7 Å². The molecule has 0 aromatic heterocycles. The molecule has 0 spiro atoms. The minimum absolute atomic E-state index is 0.241. The lowest BCUT2D eigenvalue weighted by Crippen LogP contribution is -1.96. The lowest BCUT2D eigenvalue weighted by Gasteiger charge is -2.06. The average Bonchev–Trinajstić information content (AvgIpc) is 2.54. The molecular formula is C15H10ClNO2S. The molecule has 100 valence electrons. The summed E-state index contributed by atoms with van der Waals surface area (Å²) in [5, 5.41) is 9.72. The molecule has 0 fully saturated rings. The quantitative estimate of drug-likeness (QED) is 0.834. The van der Waals surface area contributed by atoms with Gasteiger partial charge < -0.3 is 5.11 Å². The van der Waals surface area contributed by atoms with Gasteiger partial charge in [0.15, 0.2) is 0 Å². The standard InChI is InChI=1S/C15H10ClNO2S/c1-8-11-7-10(16)3-5-13(11)20-14-4-2-9(15(18)19)6-12(14)17-8/h2-7H,1H3,(H,18,19). The highest BCUT2D eigenvalue weighted by Crippen LogP contribution is 2.41. The third-order valence-electron chi connectivity index (χ3n) is 3.05. The number of carboxylic acids is 1. The number of fused-ring (bicyclic) bond motifs is 2. The highest BCUT2D eigenvalue weighted by atomic mass is 35.5. The van der Waals surface area contributed by atoms with Crippen molar-refractivity contribution in [1.82, 2.24) is 0 Å². The van der Waals surface area contributed by atoms with Gasteiger partial charge in [-0.25, -0.2) is 4.79 Å². The molecule has 20 heavy (non-hydrogen) atoms. The van der Waals surface area contributed by atoms with Gasteiger partial charge in [0.25, 0.3) is 0 Å². The van der Waals surface area contributed by atoms with Gasteiger partial charge in [-0.2, -0.15) is 0 Å². The van der Waals surface area contributed by atoms with Gasteiger partial charge in [0.2, 0.25) is 0 Å². The van der Waals surface area contributed by atoms with Crippen molar-refractivity contribution < 1.29 is 9.90 Å². The van der Waals surface area contributed by atoms with Crippen molar-refractivity contribution in [3.63, 3.8) is 0 Å². The number of halogens is 1. The number of nitrogens with zero attached hydrogens (tertiary/aromatic N) is 1. The summed E-state index contributed by atoms with van der Waals surface area (Å²) < 4.78 is 0. The van der Waals surface area contributed by atoms with Crippen LogP contribution in [0.3, 0.4) is 0 Å². The lowest BCUT2D eigenvalue weighted by atomic mass is 10.1. The third-order valence-corrected chi connectivity index (χ3v) is 4.42. The zero-order valence-electron chi connectivity index (χ0n) is 10.6. The van der Waals surface area contributed by atoms with Gasteiger partial charge in [-0.3, -0.25) is 4.99 Å². The number of aliphatic imine (C=N–C) groups is 1.